The van der Waals surface area contributed by atoms with Gasteiger partial charge in [0.2, 0.25) is 10.0 Å². The number of hydrogen-bond acceptors (Lipinski definition) is 5. The number of nitrogens with zero attached hydrogens (tertiary/aromatic N) is 1. The number of nitrogens with one attached hydrogen (secondary N) is 1. The highest BCUT2D eigenvalue weighted by Crippen LogP contribution is 2.39. The largest absolute Gasteiger partial charge is 0.493 e. The molecule has 7 nitrogen and oxygen atoms in total. The molecule has 0 aliphatic heterocycles. The molecule has 0 aliphatic carbocycles. The molecule has 12 heteroatoms. The van der Waals surface area contributed by atoms with E-state index in [1.165, 1.54) is 37.4 Å². The molecule has 1 N–H and O–H groups in total. The third-order valence-electron chi connectivity index (χ3n) is 5.19. The second kappa shape index (κ2) is 11.7. The van der Waals surface area contributed by atoms with Crippen molar-refractivity contribution in [2.75, 3.05) is 30.8 Å². The van der Waals surface area contributed by atoms with Gasteiger partial charge < -0.3 is 14.8 Å². The highest BCUT2D eigenvalue weighted by molar-refractivity contribution is 7.92. The van der Waals surface area contributed by atoms with Gasteiger partial charge in [-0.15, -0.1) is 0 Å². The number of sulfonamides is 1. The van der Waals surface area contributed by atoms with E-state index in [4.69, 9.17) is 21.1 Å². The summed E-state index contributed by atoms with van der Waals surface area (Å²) in [5.41, 5.74) is -1.05. The number of para-hydroxylation sites is 2. The van der Waals surface area contributed by atoms with Crippen LogP contribution in [0, 0.1) is 0 Å². The van der Waals surface area contributed by atoms with E-state index >= 15 is 0 Å². The maximum atomic E-state index is 13.6. The van der Waals surface area contributed by atoms with Gasteiger partial charge in [-0.1, -0.05) is 35.9 Å². The summed E-state index contributed by atoms with van der Waals surface area (Å²) in [7, 11) is -2.57. The van der Waals surface area contributed by atoms with Crippen molar-refractivity contribution in [3.63, 3.8) is 0 Å². The maximum absolute atomic E-state index is 13.6. The van der Waals surface area contributed by atoms with E-state index in [2.05, 4.69) is 5.32 Å². The Hall–Kier alpha value is -3.44. The average molecular weight is 557 g/mol. The van der Waals surface area contributed by atoms with Crippen LogP contribution in [0.2, 0.25) is 5.02 Å². The Bertz CT molecular complexity index is 1350. The fourth-order valence-electron chi connectivity index (χ4n) is 3.43. The van der Waals surface area contributed by atoms with Crippen molar-refractivity contribution in [3.8, 4) is 11.5 Å². The molecule has 0 saturated heterocycles. The first-order valence-electron chi connectivity index (χ1n) is 10.9. The first kappa shape index (κ1) is 28.1. The van der Waals surface area contributed by atoms with E-state index in [1.54, 1.807) is 24.3 Å². The lowest BCUT2D eigenvalue weighted by Crippen LogP contribution is -2.31. The van der Waals surface area contributed by atoms with Gasteiger partial charge >= 0.3 is 6.18 Å². The Labute approximate surface area is 217 Å². The smallest absolute Gasteiger partial charge is 0.418 e. The molecule has 0 bridgehead atoms. The number of halogens is 4. The molecule has 0 saturated carbocycles. The van der Waals surface area contributed by atoms with Crippen LogP contribution < -0.4 is 19.1 Å². The topological polar surface area (TPSA) is 84.9 Å². The van der Waals surface area contributed by atoms with Crippen LogP contribution in [0.3, 0.4) is 0 Å². The van der Waals surface area contributed by atoms with Crippen LogP contribution in [0.1, 0.15) is 21.5 Å². The molecule has 0 aromatic heterocycles. The van der Waals surface area contributed by atoms with Gasteiger partial charge in [0.25, 0.3) is 5.91 Å². The standard InChI is InChI=1S/C25H24ClF3N2O5S/c1-35-22-5-3-4-6-23(22)36-14-13-30-24(32)18-9-7-17(8-10-18)16-31(37(2,33)34)21-12-11-19(26)15-20(21)25(27,28)29/h3-12,15H,13-14,16H2,1-2H3,(H,30,32). The second-order valence-electron chi connectivity index (χ2n) is 7.88. The van der Waals surface area contributed by atoms with Crippen molar-refractivity contribution in [3.05, 3.63) is 88.4 Å². The number of carbonyl (C=O) groups excluding carboxylic acids is 1. The van der Waals surface area contributed by atoms with Crippen molar-refractivity contribution in [1.29, 1.82) is 0 Å². The summed E-state index contributed by atoms with van der Waals surface area (Å²) in [5, 5.41) is 2.52. The van der Waals surface area contributed by atoms with E-state index in [-0.39, 0.29) is 30.3 Å². The van der Waals surface area contributed by atoms with E-state index < -0.39 is 33.4 Å². The maximum Gasteiger partial charge on any atom is 0.418 e. The van der Waals surface area contributed by atoms with Gasteiger partial charge in [-0.2, -0.15) is 13.2 Å². The highest BCUT2D eigenvalue weighted by atomic mass is 35.5. The molecule has 1 amide bonds. The van der Waals surface area contributed by atoms with Crippen molar-refractivity contribution in [1.82, 2.24) is 5.32 Å². The minimum absolute atomic E-state index is 0.173. The summed E-state index contributed by atoms with van der Waals surface area (Å²) in [6, 6.07) is 15.8. The summed E-state index contributed by atoms with van der Waals surface area (Å²) in [6.45, 7) is 0.0195. The summed E-state index contributed by atoms with van der Waals surface area (Å²) in [5.74, 6) is 0.703. The molecule has 0 aliphatic rings. The third kappa shape index (κ3) is 7.53. The molecule has 37 heavy (non-hydrogen) atoms. The number of methoxy groups -OCH3 is 1. The molecule has 3 rings (SSSR count). The number of ether oxygens (including phenoxy) is 2. The molecule has 3 aromatic carbocycles. The number of hydrogen-bond donors (Lipinski definition) is 1. The lowest BCUT2D eigenvalue weighted by Gasteiger charge is -2.26. The number of benzene rings is 3. The van der Waals surface area contributed by atoms with Crippen LogP contribution in [0.25, 0.3) is 0 Å². The Kier molecular flexibility index (Phi) is 8.93. The monoisotopic (exact) mass is 556 g/mol. The molecule has 3 aromatic rings. The zero-order valence-electron chi connectivity index (χ0n) is 19.9. The first-order chi connectivity index (χ1) is 17.4. The van der Waals surface area contributed by atoms with Crippen molar-refractivity contribution >= 4 is 33.2 Å². The van der Waals surface area contributed by atoms with Gasteiger partial charge in [0.1, 0.15) is 6.61 Å². The van der Waals surface area contributed by atoms with E-state index in [0.717, 1.165) is 12.3 Å². The zero-order valence-corrected chi connectivity index (χ0v) is 21.5. The fourth-order valence-corrected chi connectivity index (χ4v) is 4.50. The van der Waals surface area contributed by atoms with Gasteiger partial charge in [0, 0.05) is 10.6 Å². The molecule has 0 unspecified atom stereocenters. The fraction of sp³-hybridized carbons (Fsp3) is 0.240. The van der Waals surface area contributed by atoms with Crippen molar-refractivity contribution < 1.29 is 35.9 Å². The lowest BCUT2D eigenvalue weighted by atomic mass is 10.1. The van der Waals surface area contributed by atoms with Gasteiger partial charge in [-0.3, -0.25) is 9.10 Å². The predicted octanol–water partition coefficient (Wildman–Crippen LogP) is 5.14. The molecule has 198 valence electrons. The molecular formula is C25H24ClF3N2O5S. The van der Waals surface area contributed by atoms with Gasteiger partial charge in [-0.25, -0.2) is 8.42 Å². The van der Waals surface area contributed by atoms with Gasteiger partial charge in [0.15, 0.2) is 11.5 Å². The van der Waals surface area contributed by atoms with Crippen molar-refractivity contribution in [2.24, 2.45) is 0 Å². The summed E-state index contributed by atoms with van der Waals surface area (Å²) < 4.78 is 77.0. The van der Waals surface area contributed by atoms with Crippen LogP contribution in [-0.4, -0.2) is 40.8 Å². The quantitative estimate of drug-likeness (QED) is 0.349. The van der Waals surface area contributed by atoms with E-state index in [0.29, 0.717) is 27.4 Å². The normalized spacial score (nSPS) is 11.6. The summed E-state index contributed by atoms with van der Waals surface area (Å²) >= 11 is 5.72. The van der Waals surface area contributed by atoms with Crippen molar-refractivity contribution in [2.45, 2.75) is 12.7 Å². The Morgan fingerprint density at radius 1 is 1.03 bits per heavy atom. The average Bonchev–Trinajstić information content (AvgIpc) is 2.84. The Morgan fingerprint density at radius 2 is 1.68 bits per heavy atom. The Morgan fingerprint density at radius 3 is 2.27 bits per heavy atom. The number of amides is 1. The molecule has 0 atom stereocenters. The van der Waals surface area contributed by atoms with Crippen LogP contribution in [0.15, 0.2) is 66.7 Å². The molecule has 0 fully saturated rings. The number of carbonyl (C=O) groups is 1. The van der Waals surface area contributed by atoms with Crippen LogP contribution in [0.5, 0.6) is 11.5 Å². The highest BCUT2D eigenvalue weighted by Gasteiger charge is 2.37. The molecule has 0 spiro atoms. The van der Waals surface area contributed by atoms with Crippen LogP contribution >= 0.6 is 11.6 Å². The number of rotatable bonds is 10. The SMILES string of the molecule is COc1ccccc1OCCNC(=O)c1ccc(CN(c2ccc(Cl)cc2C(F)(F)F)S(C)(=O)=O)cc1. The second-order valence-corrected chi connectivity index (χ2v) is 10.2. The van der Waals surface area contributed by atoms with E-state index in [9.17, 15) is 26.4 Å². The minimum atomic E-state index is -4.82. The minimum Gasteiger partial charge on any atom is -0.493 e. The summed E-state index contributed by atoms with van der Waals surface area (Å²) in [4.78, 5) is 12.4. The van der Waals surface area contributed by atoms with Crippen LogP contribution in [0.4, 0.5) is 18.9 Å². The third-order valence-corrected chi connectivity index (χ3v) is 6.55. The predicted molar refractivity (Wildman–Crippen MR) is 135 cm³/mol. The van der Waals surface area contributed by atoms with Gasteiger partial charge in [-0.05, 0) is 48.0 Å². The zero-order chi connectivity index (χ0) is 27.2. The van der Waals surface area contributed by atoms with Gasteiger partial charge in [0.05, 0.1) is 37.7 Å². The molecular weight excluding hydrogens is 533 g/mol. The molecule has 0 heterocycles. The number of anilines is 1. The lowest BCUT2D eigenvalue weighted by molar-refractivity contribution is -0.137. The molecule has 0 radical (unpaired) electrons. The summed E-state index contributed by atoms with van der Waals surface area (Å²) in [6.07, 6.45) is -4.00. The Balaban J connectivity index is 1.68. The first-order valence-corrected chi connectivity index (χ1v) is 13.1. The van der Waals surface area contributed by atoms with Crippen LogP contribution in [-0.2, 0) is 22.7 Å². The number of alkyl halides is 3. The van der Waals surface area contributed by atoms with E-state index in [1.807, 2.05) is 0 Å².